The number of carbonyl (C=O) groups excluding carboxylic acids is 3. The van der Waals surface area contributed by atoms with Gasteiger partial charge >= 0.3 is 17.9 Å². The highest BCUT2D eigenvalue weighted by molar-refractivity contribution is 5.71. The minimum atomic E-state index is -0.797. The number of hydrogen-bond donors (Lipinski definition) is 0. The quantitative estimate of drug-likeness (QED) is 0.0261. The monoisotopic (exact) mass is 1030 g/mol. The van der Waals surface area contributed by atoms with Crippen molar-refractivity contribution in [3.05, 3.63) is 158 Å². The maximum Gasteiger partial charge on any atom is 0.306 e. The molecule has 420 valence electrons. The number of hydrogen-bond acceptors (Lipinski definition) is 6. The number of allylic oxidation sites excluding steroid dienone is 26. The van der Waals surface area contributed by atoms with Crippen LogP contribution in [0.4, 0.5) is 0 Å². The normalized spacial score (nSPS) is 13.3. The number of unbranched alkanes of at least 4 members (excludes halogenated alkanes) is 15. The molecule has 6 heteroatoms. The van der Waals surface area contributed by atoms with Crippen molar-refractivity contribution in [1.82, 2.24) is 0 Å². The molecule has 0 aliphatic rings. The summed E-state index contributed by atoms with van der Waals surface area (Å²) in [6.45, 7) is 6.28. The summed E-state index contributed by atoms with van der Waals surface area (Å²) in [6.07, 6.45) is 90.0. The molecular formula is C69H108O6. The molecule has 0 aromatic carbocycles. The van der Waals surface area contributed by atoms with Crippen molar-refractivity contribution in [1.29, 1.82) is 0 Å². The summed E-state index contributed by atoms with van der Waals surface area (Å²) < 4.78 is 16.7. The third-order valence-electron chi connectivity index (χ3n) is 12.0. The zero-order chi connectivity index (χ0) is 54.3. The Bertz CT molecular complexity index is 1710. The molecule has 0 amide bonds. The van der Waals surface area contributed by atoms with E-state index in [2.05, 4.69) is 179 Å². The minimum absolute atomic E-state index is 0.0964. The first kappa shape index (κ1) is 70.0. The van der Waals surface area contributed by atoms with E-state index >= 15 is 0 Å². The number of carbonyl (C=O) groups is 3. The van der Waals surface area contributed by atoms with Crippen LogP contribution in [-0.4, -0.2) is 37.2 Å². The van der Waals surface area contributed by atoms with E-state index in [-0.39, 0.29) is 31.1 Å². The Kier molecular flexibility index (Phi) is 57.5. The predicted octanol–water partition coefficient (Wildman–Crippen LogP) is 20.5. The second kappa shape index (κ2) is 61.6. The van der Waals surface area contributed by atoms with E-state index in [9.17, 15) is 14.4 Å². The van der Waals surface area contributed by atoms with E-state index < -0.39 is 6.10 Å². The largest absolute Gasteiger partial charge is 0.462 e. The van der Waals surface area contributed by atoms with Crippen molar-refractivity contribution >= 4 is 17.9 Å². The maximum atomic E-state index is 12.8. The van der Waals surface area contributed by atoms with Crippen molar-refractivity contribution in [3.63, 3.8) is 0 Å². The topological polar surface area (TPSA) is 78.9 Å². The van der Waals surface area contributed by atoms with Crippen LogP contribution in [0.3, 0.4) is 0 Å². The smallest absolute Gasteiger partial charge is 0.306 e. The Morgan fingerprint density at radius 3 is 0.813 bits per heavy atom. The van der Waals surface area contributed by atoms with E-state index in [1.54, 1.807) is 0 Å². The van der Waals surface area contributed by atoms with Crippen molar-refractivity contribution in [3.8, 4) is 0 Å². The molecular weight excluding hydrogens is 925 g/mol. The lowest BCUT2D eigenvalue weighted by Gasteiger charge is -2.18. The van der Waals surface area contributed by atoms with Crippen molar-refractivity contribution in [2.75, 3.05) is 13.2 Å². The molecule has 0 N–H and O–H groups in total. The van der Waals surface area contributed by atoms with Gasteiger partial charge in [-0.3, -0.25) is 14.4 Å². The second-order valence-electron chi connectivity index (χ2n) is 19.1. The molecule has 0 fully saturated rings. The van der Waals surface area contributed by atoms with Gasteiger partial charge in [0.15, 0.2) is 6.10 Å². The van der Waals surface area contributed by atoms with Crippen LogP contribution in [0.1, 0.15) is 239 Å². The predicted molar refractivity (Wildman–Crippen MR) is 325 cm³/mol. The Morgan fingerprint density at radius 2 is 0.520 bits per heavy atom. The van der Waals surface area contributed by atoms with Crippen molar-refractivity contribution in [2.24, 2.45) is 0 Å². The molecule has 0 aliphatic carbocycles. The first-order valence-corrected chi connectivity index (χ1v) is 30.0. The number of ether oxygens (including phenoxy) is 3. The van der Waals surface area contributed by atoms with E-state index in [1.807, 2.05) is 0 Å². The maximum absolute atomic E-state index is 12.8. The van der Waals surface area contributed by atoms with Crippen LogP contribution in [0, 0.1) is 0 Å². The Labute approximate surface area is 460 Å². The van der Waals surface area contributed by atoms with Gasteiger partial charge < -0.3 is 14.2 Å². The highest BCUT2D eigenvalue weighted by atomic mass is 16.6. The van der Waals surface area contributed by atoms with E-state index in [1.165, 1.54) is 25.7 Å². The van der Waals surface area contributed by atoms with E-state index in [0.717, 1.165) is 173 Å². The fraction of sp³-hybridized carbons (Fsp3) is 0.580. The van der Waals surface area contributed by atoms with Crippen molar-refractivity contribution in [2.45, 2.75) is 245 Å². The van der Waals surface area contributed by atoms with E-state index in [4.69, 9.17) is 14.2 Å². The summed E-state index contributed by atoms with van der Waals surface area (Å²) in [6, 6.07) is 0. The number of esters is 3. The molecule has 0 saturated carbocycles. The van der Waals surface area contributed by atoms with Gasteiger partial charge in [-0.25, -0.2) is 0 Å². The summed E-state index contributed by atoms with van der Waals surface area (Å²) in [5.41, 5.74) is 0. The average Bonchev–Trinajstić information content (AvgIpc) is 3.41. The SMILES string of the molecule is CC/C=C\C/C=C\C/C=C\C/C=C\C/C=C\C/C=C\C/C=C\C/C=C\C/C=C\C/C=C\CCCCCCC(=O)OCC(COC(=O)CCCCCCC)OC(=O)CCCCCCCCC/C=C\C/C=C\C/C=C\CC. The fourth-order valence-electron chi connectivity index (χ4n) is 7.60. The standard InChI is InChI=1S/C69H108O6/c1-4-7-10-13-15-17-19-21-23-25-26-27-28-29-30-31-32-33-34-35-36-37-38-39-40-41-42-44-45-47-49-51-53-56-59-62-68(71)74-65-66(64-73-67(70)61-58-55-12-9-6-3)75-69(72)63-60-57-54-52-50-48-46-43-24-22-20-18-16-14-11-8-5-2/h7-8,10-11,15-18,21-24,26-27,29-30,32-33,35-36,38-39,41-42,45,47,66H,4-6,9,12-14,19-20,25,28,31,34,37,40,43-44,46,48-65H2,1-3H3/b10-7-,11-8-,17-15-,18-16-,23-21-,24-22-,27-26-,30-29-,33-32-,36-35-,39-38-,42-41-,47-45-. The molecule has 0 aliphatic heterocycles. The van der Waals surface area contributed by atoms with Crippen LogP contribution >= 0.6 is 0 Å². The van der Waals surface area contributed by atoms with Gasteiger partial charge in [-0.15, -0.1) is 0 Å². The van der Waals surface area contributed by atoms with Gasteiger partial charge in [0.2, 0.25) is 0 Å². The summed E-state index contributed by atoms with van der Waals surface area (Å²) >= 11 is 0. The summed E-state index contributed by atoms with van der Waals surface area (Å²) in [7, 11) is 0. The summed E-state index contributed by atoms with van der Waals surface area (Å²) in [5.74, 6) is -0.955. The zero-order valence-corrected chi connectivity index (χ0v) is 48.0. The second-order valence-corrected chi connectivity index (χ2v) is 19.1. The Hall–Kier alpha value is -4.97. The molecule has 0 aromatic rings. The Balaban J connectivity index is 4.16. The lowest BCUT2D eigenvalue weighted by atomic mass is 10.1. The van der Waals surface area contributed by atoms with Gasteiger partial charge in [0.05, 0.1) is 0 Å². The Morgan fingerprint density at radius 1 is 0.280 bits per heavy atom. The van der Waals surface area contributed by atoms with Gasteiger partial charge in [0, 0.05) is 19.3 Å². The van der Waals surface area contributed by atoms with Crippen molar-refractivity contribution < 1.29 is 28.6 Å². The summed E-state index contributed by atoms with van der Waals surface area (Å²) in [5, 5.41) is 0. The van der Waals surface area contributed by atoms with Crippen LogP contribution in [0.5, 0.6) is 0 Å². The molecule has 1 unspecified atom stereocenters. The minimum Gasteiger partial charge on any atom is -0.462 e. The zero-order valence-electron chi connectivity index (χ0n) is 48.0. The van der Waals surface area contributed by atoms with Crippen LogP contribution in [0.15, 0.2) is 158 Å². The lowest BCUT2D eigenvalue weighted by molar-refractivity contribution is -0.167. The molecule has 6 nitrogen and oxygen atoms in total. The molecule has 0 saturated heterocycles. The highest BCUT2D eigenvalue weighted by Crippen LogP contribution is 2.13. The van der Waals surface area contributed by atoms with Crippen LogP contribution in [0.25, 0.3) is 0 Å². The van der Waals surface area contributed by atoms with Crippen LogP contribution < -0.4 is 0 Å². The highest BCUT2D eigenvalue weighted by Gasteiger charge is 2.19. The molecule has 0 radical (unpaired) electrons. The molecule has 75 heavy (non-hydrogen) atoms. The molecule has 0 spiro atoms. The third kappa shape index (κ3) is 59.8. The molecule has 1 atom stereocenters. The first-order valence-electron chi connectivity index (χ1n) is 30.0. The third-order valence-corrected chi connectivity index (χ3v) is 12.0. The van der Waals surface area contributed by atoms with Gasteiger partial charge in [-0.2, -0.15) is 0 Å². The molecule has 0 aromatic heterocycles. The first-order chi connectivity index (χ1) is 37.0. The summed E-state index contributed by atoms with van der Waals surface area (Å²) in [4.78, 5) is 37.8. The van der Waals surface area contributed by atoms with Crippen LogP contribution in [0.2, 0.25) is 0 Å². The fourth-order valence-corrected chi connectivity index (χ4v) is 7.60. The van der Waals surface area contributed by atoms with Gasteiger partial charge in [-0.1, -0.05) is 249 Å². The molecule has 0 rings (SSSR count). The molecule has 0 bridgehead atoms. The van der Waals surface area contributed by atoms with E-state index in [0.29, 0.717) is 19.3 Å². The molecule has 0 heterocycles. The van der Waals surface area contributed by atoms with Gasteiger partial charge in [0.25, 0.3) is 0 Å². The lowest BCUT2D eigenvalue weighted by Crippen LogP contribution is -2.30. The van der Waals surface area contributed by atoms with Gasteiger partial charge in [-0.05, 0) is 128 Å². The van der Waals surface area contributed by atoms with Crippen LogP contribution in [-0.2, 0) is 28.6 Å². The van der Waals surface area contributed by atoms with Gasteiger partial charge in [0.1, 0.15) is 13.2 Å². The average molecular weight is 1030 g/mol. The number of rotatable bonds is 52.